The average molecular weight is 279 g/mol. The van der Waals surface area contributed by atoms with Crippen molar-refractivity contribution in [1.82, 2.24) is 5.32 Å². The zero-order valence-corrected chi connectivity index (χ0v) is 12.0. The number of hydrogen-bond donors (Lipinski definition) is 3. The number of urea groups is 1. The Kier molecular flexibility index (Phi) is 5.83. The highest BCUT2D eigenvalue weighted by atomic mass is 16.5. The molecule has 1 rings (SSSR count). The molecular formula is C14H21N3O3. The van der Waals surface area contributed by atoms with Crippen molar-refractivity contribution >= 4 is 17.6 Å². The van der Waals surface area contributed by atoms with Crippen molar-refractivity contribution in [2.24, 2.45) is 11.7 Å². The van der Waals surface area contributed by atoms with E-state index in [1.807, 2.05) is 13.8 Å². The molecule has 0 aromatic heterocycles. The molecule has 1 aromatic carbocycles. The second-order valence-corrected chi connectivity index (χ2v) is 4.59. The van der Waals surface area contributed by atoms with Crippen LogP contribution in [0.1, 0.15) is 20.3 Å². The van der Waals surface area contributed by atoms with E-state index in [0.29, 0.717) is 11.4 Å². The third kappa shape index (κ3) is 4.46. The predicted octanol–water partition coefficient (Wildman–Crippen LogP) is 1.72. The number of anilines is 1. The van der Waals surface area contributed by atoms with Gasteiger partial charge in [0, 0.05) is 5.69 Å². The van der Waals surface area contributed by atoms with Gasteiger partial charge in [0.2, 0.25) is 5.91 Å². The molecule has 6 heteroatoms. The first-order chi connectivity index (χ1) is 9.47. The Balaban J connectivity index is 2.76. The molecular weight excluding hydrogens is 258 g/mol. The molecule has 0 aliphatic rings. The number of carbonyl (C=O) groups excluding carboxylic acids is 2. The van der Waals surface area contributed by atoms with E-state index in [1.54, 1.807) is 31.4 Å². The van der Waals surface area contributed by atoms with Gasteiger partial charge in [0.25, 0.3) is 0 Å². The molecule has 4 N–H and O–H groups in total. The quantitative estimate of drug-likeness (QED) is 0.740. The van der Waals surface area contributed by atoms with Crippen LogP contribution in [0.5, 0.6) is 5.75 Å². The van der Waals surface area contributed by atoms with E-state index in [-0.39, 0.29) is 11.8 Å². The molecule has 0 unspecified atom stereocenters. The Morgan fingerprint density at radius 2 is 1.90 bits per heavy atom. The fourth-order valence-electron chi connectivity index (χ4n) is 1.75. The van der Waals surface area contributed by atoms with E-state index in [0.717, 1.165) is 6.42 Å². The second kappa shape index (κ2) is 7.37. The topological polar surface area (TPSA) is 93.5 Å². The summed E-state index contributed by atoms with van der Waals surface area (Å²) in [7, 11) is 1.57. The molecule has 0 saturated carbocycles. The number of methoxy groups -OCH3 is 1. The minimum absolute atomic E-state index is 0.0132. The third-order valence-corrected chi connectivity index (χ3v) is 3.15. The summed E-state index contributed by atoms with van der Waals surface area (Å²) in [5.74, 6) is 0.404. The fourth-order valence-corrected chi connectivity index (χ4v) is 1.75. The zero-order chi connectivity index (χ0) is 15.1. The lowest BCUT2D eigenvalue weighted by Gasteiger charge is -2.22. The Hall–Kier alpha value is -2.24. The summed E-state index contributed by atoms with van der Waals surface area (Å²) in [5.41, 5.74) is 5.74. The number of nitrogens with two attached hydrogens (primary N) is 1. The summed E-state index contributed by atoms with van der Waals surface area (Å²) in [4.78, 5) is 23.2. The zero-order valence-electron chi connectivity index (χ0n) is 12.0. The van der Waals surface area contributed by atoms with Crippen LogP contribution in [0.25, 0.3) is 0 Å². The van der Waals surface area contributed by atoms with Crippen molar-refractivity contribution in [2.45, 2.75) is 26.3 Å². The number of hydrogen-bond acceptors (Lipinski definition) is 3. The smallest absolute Gasteiger partial charge is 0.312 e. The van der Waals surface area contributed by atoms with Gasteiger partial charge in [0.05, 0.1) is 7.11 Å². The van der Waals surface area contributed by atoms with Gasteiger partial charge in [-0.05, 0) is 30.2 Å². The van der Waals surface area contributed by atoms with E-state index in [4.69, 9.17) is 10.5 Å². The first kappa shape index (κ1) is 15.8. The minimum atomic E-state index is -0.708. The predicted molar refractivity (Wildman–Crippen MR) is 77.6 cm³/mol. The maximum atomic E-state index is 12.2. The molecule has 0 spiro atoms. The maximum Gasteiger partial charge on any atom is 0.312 e. The van der Waals surface area contributed by atoms with Gasteiger partial charge in [-0.3, -0.25) is 4.79 Å². The Bertz CT molecular complexity index is 459. The van der Waals surface area contributed by atoms with E-state index in [1.165, 1.54) is 0 Å². The number of primary amides is 1. The van der Waals surface area contributed by atoms with Gasteiger partial charge < -0.3 is 21.1 Å². The highest BCUT2D eigenvalue weighted by Gasteiger charge is 2.25. The molecule has 0 aliphatic heterocycles. The largest absolute Gasteiger partial charge is 0.497 e. The van der Waals surface area contributed by atoms with E-state index >= 15 is 0 Å². The normalized spacial score (nSPS) is 13.2. The van der Waals surface area contributed by atoms with E-state index < -0.39 is 12.1 Å². The first-order valence-corrected chi connectivity index (χ1v) is 6.48. The van der Waals surface area contributed by atoms with Crippen LogP contribution in [0.2, 0.25) is 0 Å². The summed E-state index contributed by atoms with van der Waals surface area (Å²) in [5, 5.41) is 5.22. The van der Waals surface area contributed by atoms with Gasteiger partial charge in [0.15, 0.2) is 0 Å². The molecule has 0 saturated heterocycles. The van der Waals surface area contributed by atoms with Crippen molar-refractivity contribution < 1.29 is 14.3 Å². The lowest BCUT2D eigenvalue weighted by molar-refractivity contribution is -0.119. The Labute approximate surface area is 118 Å². The molecule has 0 radical (unpaired) electrons. The van der Waals surface area contributed by atoms with Crippen molar-refractivity contribution in [1.29, 1.82) is 0 Å². The molecule has 2 atom stereocenters. The summed E-state index contributed by atoms with van der Waals surface area (Å²) in [6.07, 6.45) is 0.751. The van der Waals surface area contributed by atoms with Gasteiger partial charge in [-0.2, -0.15) is 0 Å². The van der Waals surface area contributed by atoms with Crippen molar-refractivity contribution in [3.05, 3.63) is 24.3 Å². The van der Waals surface area contributed by atoms with Crippen molar-refractivity contribution in [2.75, 3.05) is 12.4 Å². The molecule has 6 nitrogen and oxygen atoms in total. The van der Waals surface area contributed by atoms with Gasteiger partial charge in [0.1, 0.15) is 11.8 Å². The lowest BCUT2D eigenvalue weighted by Crippen LogP contribution is -2.49. The number of nitrogens with one attached hydrogen (secondary N) is 2. The van der Waals surface area contributed by atoms with Gasteiger partial charge >= 0.3 is 6.03 Å². The fraction of sp³-hybridized carbons (Fsp3) is 0.429. The summed E-state index contributed by atoms with van der Waals surface area (Å²) in [6.45, 7) is 3.83. The molecule has 1 aromatic rings. The standard InChI is InChI=1S/C14H21N3O3/c1-4-9(2)12(17-14(15)19)13(18)16-10-5-7-11(20-3)8-6-10/h5-9,12H,4H2,1-3H3,(H,16,18)(H3,15,17,19)/t9-,12-/m1/s1. The number of amides is 3. The molecule has 0 bridgehead atoms. The molecule has 110 valence electrons. The summed E-state index contributed by atoms with van der Waals surface area (Å²) < 4.78 is 5.04. The van der Waals surface area contributed by atoms with Crippen LogP contribution >= 0.6 is 0 Å². The monoisotopic (exact) mass is 279 g/mol. The SMILES string of the molecule is CC[C@@H](C)[C@@H](NC(N)=O)C(=O)Nc1ccc(OC)cc1. The Morgan fingerprint density at radius 1 is 1.30 bits per heavy atom. The van der Waals surface area contributed by atoms with Gasteiger partial charge in [-0.25, -0.2) is 4.79 Å². The van der Waals surface area contributed by atoms with Gasteiger partial charge in [-0.1, -0.05) is 20.3 Å². The molecule has 20 heavy (non-hydrogen) atoms. The van der Waals surface area contributed by atoms with Crippen LogP contribution in [0.3, 0.4) is 0 Å². The number of carbonyl (C=O) groups is 2. The number of ether oxygens (including phenoxy) is 1. The third-order valence-electron chi connectivity index (χ3n) is 3.15. The van der Waals surface area contributed by atoms with Crippen LogP contribution in [0.15, 0.2) is 24.3 Å². The van der Waals surface area contributed by atoms with E-state index in [2.05, 4.69) is 10.6 Å². The summed E-state index contributed by atoms with van der Waals surface area (Å²) in [6, 6.07) is 5.59. The maximum absolute atomic E-state index is 12.2. The van der Waals surface area contributed by atoms with Crippen LogP contribution in [0, 0.1) is 5.92 Å². The second-order valence-electron chi connectivity index (χ2n) is 4.59. The lowest BCUT2D eigenvalue weighted by atomic mass is 9.98. The minimum Gasteiger partial charge on any atom is -0.497 e. The first-order valence-electron chi connectivity index (χ1n) is 6.48. The molecule has 0 heterocycles. The molecule has 0 aliphatic carbocycles. The highest BCUT2D eigenvalue weighted by Crippen LogP contribution is 2.16. The van der Waals surface area contributed by atoms with Crippen molar-refractivity contribution in [3.63, 3.8) is 0 Å². The Morgan fingerprint density at radius 3 is 2.35 bits per heavy atom. The molecule has 3 amide bonds. The molecule has 0 fully saturated rings. The van der Waals surface area contributed by atoms with Crippen LogP contribution in [-0.2, 0) is 4.79 Å². The van der Waals surface area contributed by atoms with Crippen LogP contribution in [-0.4, -0.2) is 25.1 Å². The number of rotatable bonds is 6. The van der Waals surface area contributed by atoms with Crippen molar-refractivity contribution in [3.8, 4) is 5.75 Å². The van der Waals surface area contributed by atoms with Gasteiger partial charge in [-0.15, -0.1) is 0 Å². The van der Waals surface area contributed by atoms with Crippen LogP contribution < -0.4 is 21.1 Å². The highest BCUT2D eigenvalue weighted by molar-refractivity contribution is 5.97. The van der Waals surface area contributed by atoms with Crippen LogP contribution in [0.4, 0.5) is 10.5 Å². The van der Waals surface area contributed by atoms with E-state index in [9.17, 15) is 9.59 Å². The summed E-state index contributed by atoms with van der Waals surface area (Å²) >= 11 is 0. The average Bonchev–Trinajstić information content (AvgIpc) is 2.44. The number of benzene rings is 1.